The Morgan fingerprint density at radius 1 is 1.32 bits per heavy atom. The summed E-state index contributed by atoms with van der Waals surface area (Å²) in [4.78, 5) is 29.5. The van der Waals surface area contributed by atoms with Gasteiger partial charge in [0.2, 0.25) is 11.8 Å². The smallest absolute Gasteiger partial charge is 0.237 e. The van der Waals surface area contributed by atoms with Crippen molar-refractivity contribution in [3.05, 3.63) is 42.5 Å². The molecule has 1 fully saturated rings. The Morgan fingerprint density at radius 2 is 2.04 bits per heavy atom. The van der Waals surface area contributed by atoms with Crippen LogP contribution in [0.2, 0.25) is 0 Å². The van der Waals surface area contributed by atoms with Crippen molar-refractivity contribution in [1.82, 2.24) is 9.55 Å². The number of primary amides is 1. The fraction of sp³-hybridized carbons (Fsp3) is 0.353. The Bertz CT molecular complexity index is 758. The van der Waals surface area contributed by atoms with Crippen molar-refractivity contribution in [3.8, 4) is 0 Å². The molecule has 1 aliphatic carbocycles. The molecular formula is C17H19FN4O2S. The number of benzene rings is 1. The summed E-state index contributed by atoms with van der Waals surface area (Å²) < 4.78 is 15.2. The molecule has 0 spiro atoms. The van der Waals surface area contributed by atoms with Gasteiger partial charge in [0.25, 0.3) is 0 Å². The minimum absolute atomic E-state index is 0.0461. The van der Waals surface area contributed by atoms with Crippen LogP contribution in [0.5, 0.6) is 0 Å². The highest BCUT2D eigenvalue weighted by Gasteiger charge is 2.26. The zero-order valence-electron chi connectivity index (χ0n) is 13.6. The van der Waals surface area contributed by atoms with Crippen molar-refractivity contribution < 1.29 is 14.0 Å². The van der Waals surface area contributed by atoms with E-state index in [0.717, 1.165) is 18.0 Å². The summed E-state index contributed by atoms with van der Waals surface area (Å²) in [6.45, 7) is 0.164. The number of carbonyl (C=O) groups is 2. The molecule has 0 atom stereocenters. The van der Waals surface area contributed by atoms with E-state index in [0.29, 0.717) is 11.7 Å². The molecule has 25 heavy (non-hydrogen) atoms. The molecule has 0 saturated heterocycles. The Balaban J connectivity index is 1.68. The molecule has 2 N–H and O–H groups in total. The Labute approximate surface area is 149 Å². The third-order valence-corrected chi connectivity index (χ3v) is 4.89. The number of halogens is 1. The number of nitrogens with zero attached hydrogens (tertiary/aromatic N) is 3. The molecule has 132 valence electrons. The maximum absolute atomic E-state index is 13.1. The average molecular weight is 362 g/mol. The Kier molecular flexibility index (Phi) is 5.37. The number of aromatic nitrogens is 2. The molecule has 2 amide bonds. The Hall–Kier alpha value is -2.35. The van der Waals surface area contributed by atoms with Crippen molar-refractivity contribution >= 4 is 29.3 Å². The number of rotatable bonds is 8. The van der Waals surface area contributed by atoms with Gasteiger partial charge in [0.05, 0.1) is 5.75 Å². The van der Waals surface area contributed by atoms with E-state index in [1.54, 1.807) is 6.20 Å². The lowest BCUT2D eigenvalue weighted by Crippen LogP contribution is -2.35. The van der Waals surface area contributed by atoms with E-state index >= 15 is 0 Å². The molecule has 0 aliphatic heterocycles. The van der Waals surface area contributed by atoms with E-state index in [1.807, 2.05) is 6.20 Å². The molecule has 1 heterocycles. The van der Waals surface area contributed by atoms with E-state index < -0.39 is 5.91 Å². The van der Waals surface area contributed by atoms with Crippen molar-refractivity contribution in [3.63, 3.8) is 0 Å². The van der Waals surface area contributed by atoms with Gasteiger partial charge in [-0.3, -0.25) is 9.59 Å². The first-order chi connectivity index (χ1) is 12.0. The highest BCUT2D eigenvalue weighted by molar-refractivity contribution is 7.99. The van der Waals surface area contributed by atoms with Crippen molar-refractivity contribution in [1.29, 1.82) is 0 Å². The van der Waals surface area contributed by atoms with Gasteiger partial charge in [0.15, 0.2) is 5.16 Å². The van der Waals surface area contributed by atoms with E-state index in [2.05, 4.69) is 9.55 Å². The molecule has 8 heteroatoms. The van der Waals surface area contributed by atoms with Crippen LogP contribution in [0.3, 0.4) is 0 Å². The SMILES string of the molecule is NC(=O)CCN(C(=O)CSc1nccn1C1CC1)c1ccc(F)cc1. The molecule has 0 radical (unpaired) electrons. The monoisotopic (exact) mass is 362 g/mol. The molecule has 2 aromatic rings. The maximum Gasteiger partial charge on any atom is 0.237 e. The quantitative estimate of drug-likeness (QED) is 0.731. The summed E-state index contributed by atoms with van der Waals surface area (Å²) in [6, 6.07) is 6.09. The maximum atomic E-state index is 13.1. The van der Waals surface area contributed by atoms with Gasteiger partial charge >= 0.3 is 0 Å². The lowest BCUT2D eigenvalue weighted by atomic mass is 10.2. The zero-order valence-corrected chi connectivity index (χ0v) is 14.4. The second-order valence-electron chi connectivity index (χ2n) is 5.88. The molecule has 3 rings (SSSR count). The van der Waals surface area contributed by atoms with Gasteiger partial charge in [-0.05, 0) is 37.1 Å². The first-order valence-corrected chi connectivity index (χ1v) is 9.03. The summed E-state index contributed by atoms with van der Waals surface area (Å²) in [5.41, 5.74) is 5.74. The van der Waals surface area contributed by atoms with E-state index in [9.17, 15) is 14.0 Å². The number of amides is 2. The summed E-state index contributed by atoms with van der Waals surface area (Å²) in [5, 5.41) is 0.810. The van der Waals surface area contributed by atoms with Crippen LogP contribution in [-0.2, 0) is 9.59 Å². The fourth-order valence-electron chi connectivity index (χ4n) is 2.49. The molecule has 0 bridgehead atoms. The van der Waals surface area contributed by atoms with E-state index in [1.165, 1.54) is 40.9 Å². The number of hydrogen-bond acceptors (Lipinski definition) is 4. The van der Waals surface area contributed by atoms with Gasteiger partial charge in [-0.2, -0.15) is 0 Å². The molecule has 1 aliphatic rings. The second-order valence-corrected chi connectivity index (χ2v) is 6.82. The van der Waals surface area contributed by atoms with Gasteiger partial charge in [-0.15, -0.1) is 0 Å². The Morgan fingerprint density at radius 3 is 2.68 bits per heavy atom. The van der Waals surface area contributed by atoms with Crippen LogP contribution < -0.4 is 10.6 Å². The zero-order chi connectivity index (χ0) is 17.8. The van der Waals surface area contributed by atoms with Crippen molar-refractivity contribution in [2.24, 2.45) is 5.73 Å². The summed E-state index contributed by atoms with van der Waals surface area (Å²) in [6.07, 6.45) is 5.98. The number of hydrogen-bond donors (Lipinski definition) is 1. The van der Waals surface area contributed by atoms with Gasteiger partial charge in [0, 0.05) is 37.1 Å². The number of thioether (sulfide) groups is 1. The minimum Gasteiger partial charge on any atom is -0.370 e. The first kappa shape index (κ1) is 17.5. The predicted octanol–water partition coefficient (Wildman–Crippen LogP) is 2.36. The molecule has 1 saturated carbocycles. The van der Waals surface area contributed by atoms with E-state index in [-0.39, 0.29) is 30.4 Å². The third-order valence-electron chi connectivity index (χ3n) is 3.92. The number of nitrogens with two attached hydrogens (primary N) is 1. The molecule has 0 unspecified atom stereocenters. The van der Waals surface area contributed by atoms with Crippen LogP contribution in [0.4, 0.5) is 10.1 Å². The molecule has 1 aromatic carbocycles. The van der Waals surface area contributed by atoms with Crippen LogP contribution in [-0.4, -0.2) is 33.7 Å². The standard InChI is InChI=1S/C17H19FN4O2S/c18-12-1-3-13(4-2-12)21(9-7-15(19)23)16(24)11-25-17-20-8-10-22(17)14-5-6-14/h1-4,8,10,14H,5-7,9,11H2,(H2,19,23). The van der Waals surface area contributed by atoms with Crippen LogP contribution in [0.1, 0.15) is 25.3 Å². The summed E-state index contributed by atoms with van der Waals surface area (Å²) in [5.74, 6) is -0.869. The third kappa shape index (κ3) is 4.60. The first-order valence-electron chi connectivity index (χ1n) is 8.04. The summed E-state index contributed by atoms with van der Waals surface area (Å²) in [7, 11) is 0. The highest BCUT2D eigenvalue weighted by atomic mass is 32.2. The molecule has 1 aromatic heterocycles. The summed E-state index contributed by atoms with van der Waals surface area (Å²) >= 11 is 1.36. The van der Waals surface area contributed by atoms with Crippen LogP contribution in [0.25, 0.3) is 0 Å². The van der Waals surface area contributed by atoms with Crippen LogP contribution in [0.15, 0.2) is 41.8 Å². The van der Waals surface area contributed by atoms with Gasteiger partial charge in [-0.25, -0.2) is 9.37 Å². The number of imidazole rings is 1. The van der Waals surface area contributed by atoms with E-state index in [4.69, 9.17) is 5.73 Å². The topological polar surface area (TPSA) is 81.2 Å². The largest absolute Gasteiger partial charge is 0.370 e. The number of carbonyl (C=O) groups excluding carboxylic acids is 2. The van der Waals surface area contributed by atoms with Gasteiger partial charge < -0.3 is 15.2 Å². The molecular weight excluding hydrogens is 343 g/mol. The normalized spacial score (nSPS) is 13.6. The van der Waals surface area contributed by atoms with Crippen LogP contribution in [0, 0.1) is 5.82 Å². The lowest BCUT2D eigenvalue weighted by Gasteiger charge is -2.22. The van der Waals surface area contributed by atoms with Gasteiger partial charge in [0.1, 0.15) is 5.82 Å². The fourth-order valence-corrected chi connectivity index (χ4v) is 3.39. The predicted molar refractivity (Wildman–Crippen MR) is 93.8 cm³/mol. The average Bonchev–Trinajstić information content (AvgIpc) is 3.32. The number of anilines is 1. The lowest BCUT2D eigenvalue weighted by molar-refractivity contribution is -0.118. The minimum atomic E-state index is -0.489. The van der Waals surface area contributed by atoms with Gasteiger partial charge in [-0.1, -0.05) is 11.8 Å². The second kappa shape index (κ2) is 7.69. The van der Waals surface area contributed by atoms with Crippen LogP contribution >= 0.6 is 11.8 Å². The van der Waals surface area contributed by atoms with Crippen molar-refractivity contribution in [2.45, 2.75) is 30.5 Å². The van der Waals surface area contributed by atoms with Crippen molar-refractivity contribution in [2.75, 3.05) is 17.2 Å². The highest BCUT2D eigenvalue weighted by Crippen LogP contribution is 2.37. The molecule has 6 nitrogen and oxygen atoms in total.